The molecule has 1 atom stereocenters. The number of carbonyl (C=O) groups excluding carboxylic acids is 1. The maximum atomic E-state index is 13.5. The van der Waals surface area contributed by atoms with Gasteiger partial charge in [0, 0.05) is 29.0 Å². The van der Waals surface area contributed by atoms with Crippen molar-refractivity contribution >= 4 is 16.8 Å². The van der Waals surface area contributed by atoms with Crippen molar-refractivity contribution in [1.82, 2.24) is 15.3 Å². The second-order valence-electron chi connectivity index (χ2n) is 6.07. The Morgan fingerprint density at radius 2 is 1.92 bits per heavy atom. The number of aromatic nitrogens is 2. The molecular weight excluding hydrogens is 343 g/mol. The quantitative estimate of drug-likeness (QED) is 0.759. The van der Waals surface area contributed by atoms with Gasteiger partial charge in [0.2, 0.25) is 0 Å². The van der Waals surface area contributed by atoms with Crippen LogP contribution in [0.2, 0.25) is 0 Å². The molecule has 0 aliphatic carbocycles. The summed E-state index contributed by atoms with van der Waals surface area (Å²) in [7, 11) is 0. The summed E-state index contributed by atoms with van der Waals surface area (Å²) in [6.07, 6.45) is -2.17. The Balaban J connectivity index is 2.03. The minimum atomic E-state index is -4.65. The van der Waals surface area contributed by atoms with E-state index in [-0.39, 0.29) is 11.1 Å². The first kappa shape index (κ1) is 17.8. The van der Waals surface area contributed by atoms with Crippen molar-refractivity contribution in [2.75, 3.05) is 0 Å². The molecule has 0 aliphatic rings. The third-order valence-electron chi connectivity index (χ3n) is 3.96. The molecule has 0 bridgehead atoms. The maximum Gasteiger partial charge on any atom is 0.412 e. The predicted molar refractivity (Wildman–Crippen MR) is 91.7 cm³/mol. The van der Waals surface area contributed by atoms with E-state index >= 15 is 0 Å². The number of carbonyl (C=O) groups is 1. The number of nitrogens with zero attached hydrogens (tertiary/aromatic N) is 2. The molecule has 0 saturated carbocycles. The zero-order chi connectivity index (χ0) is 18.9. The lowest BCUT2D eigenvalue weighted by Gasteiger charge is -2.22. The summed E-state index contributed by atoms with van der Waals surface area (Å²) >= 11 is 0. The number of amides is 1. The van der Waals surface area contributed by atoms with E-state index in [1.54, 1.807) is 19.1 Å². The van der Waals surface area contributed by atoms with E-state index in [9.17, 15) is 18.0 Å². The van der Waals surface area contributed by atoms with Crippen LogP contribution in [-0.4, -0.2) is 22.1 Å². The van der Waals surface area contributed by atoms with E-state index in [0.29, 0.717) is 16.6 Å². The number of nitrogens with one attached hydrogen (secondary N) is 1. The van der Waals surface area contributed by atoms with Gasteiger partial charge in [-0.15, -0.1) is 0 Å². The zero-order valence-electron chi connectivity index (χ0n) is 14.1. The minimum absolute atomic E-state index is 0.125. The van der Waals surface area contributed by atoms with Crippen LogP contribution in [0.1, 0.15) is 33.2 Å². The number of alkyl halides is 3. The molecule has 0 fully saturated rings. The van der Waals surface area contributed by atoms with Gasteiger partial charge in [-0.1, -0.05) is 17.7 Å². The monoisotopic (exact) mass is 359 g/mol. The van der Waals surface area contributed by atoms with Crippen molar-refractivity contribution in [3.05, 3.63) is 71.2 Å². The van der Waals surface area contributed by atoms with Gasteiger partial charge < -0.3 is 5.32 Å². The molecule has 1 N–H and O–H groups in total. The highest BCUT2D eigenvalue weighted by molar-refractivity contribution is 6.06. The van der Waals surface area contributed by atoms with Gasteiger partial charge in [-0.3, -0.25) is 14.8 Å². The van der Waals surface area contributed by atoms with Crippen LogP contribution in [0.15, 0.2) is 48.8 Å². The van der Waals surface area contributed by atoms with E-state index in [1.807, 2.05) is 13.0 Å². The van der Waals surface area contributed by atoms with Crippen LogP contribution in [0.3, 0.4) is 0 Å². The Hall–Kier alpha value is -2.96. The molecule has 2 heterocycles. The fourth-order valence-corrected chi connectivity index (χ4v) is 2.77. The molecule has 0 aliphatic heterocycles. The van der Waals surface area contributed by atoms with E-state index in [4.69, 9.17) is 0 Å². The van der Waals surface area contributed by atoms with Gasteiger partial charge in [0.25, 0.3) is 5.91 Å². The van der Waals surface area contributed by atoms with E-state index in [0.717, 1.165) is 11.8 Å². The van der Waals surface area contributed by atoms with E-state index in [2.05, 4.69) is 15.3 Å². The molecule has 3 aromatic rings. The first-order valence-electron chi connectivity index (χ1n) is 7.91. The second-order valence-corrected chi connectivity index (χ2v) is 6.07. The lowest BCUT2D eigenvalue weighted by atomic mass is 10.0. The van der Waals surface area contributed by atoms with Crippen molar-refractivity contribution in [2.45, 2.75) is 26.1 Å². The minimum Gasteiger partial charge on any atom is -0.337 e. The summed E-state index contributed by atoms with van der Waals surface area (Å²) in [6, 6.07) is 7.36. The number of aryl methyl sites for hydroxylation is 2. The molecular formula is C19H16F3N3O. The van der Waals surface area contributed by atoms with Gasteiger partial charge in [0.1, 0.15) is 0 Å². The molecule has 3 rings (SSSR count). The fraction of sp³-hybridized carbons (Fsp3) is 0.211. The zero-order valence-corrected chi connectivity index (χ0v) is 14.1. The first-order chi connectivity index (χ1) is 12.3. The number of rotatable bonds is 3. The van der Waals surface area contributed by atoms with Crippen molar-refractivity contribution in [3.8, 4) is 0 Å². The van der Waals surface area contributed by atoms with Gasteiger partial charge in [-0.05, 0) is 38.1 Å². The third kappa shape index (κ3) is 3.66. The van der Waals surface area contributed by atoms with Gasteiger partial charge in [-0.2, -0.15) is 13.2 Å². The van der Waals surface area contributed by atoms with Crippen LogP contribution in [0.5, 0.6) is 0 Å². The van der Waals surface area contributed by atoms with Crippen LogP contribution in [0.25, 0.3) is 10.9 Å². The summed E-state index contributed by atoms with van der Waals surface area (Å²) in [5.74, 6) is -0.808. The fourth-order valence-electron chi connectivity index (χ4n) is 2.77. The van der Waals surface area contributed by atoms with Crippen LogP contribution in [0, 0.1) is 13.8 Å². The van der Waals surface area contributed by atoms with Crippen molar-refractivity contribution in [2.24, 2.45) is 0 Å². The molecule has 0 saturated heterocycles. The van der Waals surface area contributed by atoms with E-state index in [1.165, 1.54) is 24.4 Å². The van der Waals surface area contributed by atoms with Gasteiger partial charge in [-0.25, -0.2) is 0 Å². The Kier molecular flexibility index (Phi) is 4.63. The smallest absolute Gasteiger partial charge is 0.337 e. The molecule has 2 aromatic heterocycles. The SMILES string of the molecule is Cc1ccc2nc(C)cc(C(=O)N[C@H](c3cccnc3)C(F)(F)F)c2c1. The van der Waals surface area contributed by atoms with Crippen LogP contribution < -0.4 is 5.32 Å². The van der Waals surface area contributed by atoms with Gasteiger partial charge in [0.15, 0.2) is 6.04 Å². The summed E-state index contributed by atoms with van der Waals surface area (Å²) < 4.78 is 40.5. The Labute approximate surface area is 148 Å². The number of hydrogen-bond donors (Lipinski definition) is 1. The number of hydrogen-bond acceptors (Lipinski definition) is 3. The van der Waals surface area contributed by atoms with E-state index < -0.39 is 18.1 Å². The van der Waals surface area contributed by atoms with Gasteiger partial charge >= 0.3 is 6.18 Å². The lowest BCUT2D eigenvalue weighted by molar-refractivity contribution is -0.155. The normalized spacial score (nSPS) is 12.8. The molecule has 0 radical (unpaired) electrons. The van der Waals surface area contributed by atoms with Gasteiger partial charge in [0.05, 0.1) is 11.1 Å². The molecule has 1 aromatic carbocycles. The highest BCUT2D eigenvalue weighted by Gasteiger charge is 2.42. The lowest BCUT2D eigenvalue weighted by Crippen LogP contribution is -2.38. The average Bonchev–Trinajstić information content (AvgIpc) is 2.59. The number of fused-ring (bicyclic) bond motifs is 1. The molecule has 134 valence electrons. The average molecular weight is 359 g/mol. The topological polar surface area (TPSA) is 54.9 Å². The Morgan fingerprint density at radius 3 is 2.58 bits per heavy atom. The summed E-state index contributed by atoms with van der Waals surface area (Å²) in [5.41, 5.74) is 2.04. The largest absolute Gasteiger partial charge is 0.412 e. The second kappa shape index (κ2) is 6.74. The summed E-state index contributed by atoms with van der Waals surface area (Å²) in [4.78, 5) is 20.7. The number of pyridine rings is 2. The van der Waals surface area contributed by atoms with Crippen LogP contribution in [-0.2, 0) is 0 Å². The van der Waals surface area contributed by atoms with Crippen LogP contribution in [0.4, 0.5) is 13.2 Å². The third-order valence-corrected chi connectivity index (χ3v) is 3.96. The maximum absolute atomic E-state index is 13.5. The highest BCUT2D eigenvalue weighted by Crippen LogP contribution is 2.33. The van der Waals surface area contributed by atoms with Crippen LogP contribution >= 0.6 is 0 Å². The Bertz CT molecular complexity index is 955. The predicted octanol–water partition coefficient (Wildman–Crippen LogP) is 4.28. The first-order valence-corrected chi connectivity index (χ1v) is 7.91. The highest BCUT2D eigenvalue weighted by atomic mass is 19.4. The standard InChI is InChI=1S/C19H16F3N3O/c1-11-5-6-16-14(8-11)15(9-12(2)24-16)18(26)25-17(19(20,21)22)13-4-3-7-23-10-13/h3-10,17H,1-2H3,(H,25,26)/t17-/m1/s1. The summed E-state index contributed by atoms with van der Waals surface area (Å²) in [5, 5.41) is 2.61. The van der Waals surface area contributed by atoms with Crippen molar-refractivity contribution in [3.63, 3.8) is 0 Å². The molecule has 0 unspecified atom stereocenters. The number of halogens is 3. The van der Waals surface area contributed by atoms with Crippen molar-refractivity contribution < 1.29 is 18.0 Å². The van der Waals surface area contributed by atoms with Crippen molar-refractivity contribution in [1.29, 1.82) is 0 Å². The number of benzene rings is 1. The molecule has 4 nitrogen and oxygen atoms in total. The molecule has 0 spiro atoms. The summed E-state index contributed by atoms with van der Waals surface area (Å²) in [6.45, 7) is 3.54. The Morgan fingerprint density at radius 1 is 1.15 bits per heavy atom. The molecule has 26 heavy (non-hydrogen) atoms. The molecule has 7 heteroatoms. The molecule has 1 amide bonds.